The van der Waals surface area contributed by atoms with Gasteiger partial charge in [-0.05, 0) is 6.07 Å². The molecule has 1 fully saturated rings. The van der Waals surface area contributed by atoms with Crippen molar-refractivity contribution in [3.63, 3.8) is 0 Å². The van der Waals surface area contributed by atoms with Crippen molar-refractivity contribution in [2.24, 2.45) is 11.7 Å². The Morgan fingerprint density at radius 2 is 1.91 bits per heavy atom. The van der Waals surface area contributed by atoms with Gasteiger partial charge in [-0.2, -0.15) is 0 Å². The summed E-state index contributed by atoms with van der Waals surface area (Å²) in [5.41, 5.74) is 6.23. The molecule has 1 atom stereocenters. The third-order valence-corrected chi connectivity index (χ3v) is 3.79. The lowest BCUT2D eigenvalue weighted by Crippen LogP contribution is -2.51. The second-order valence-corrected chi connectivity index (χ2v) is 5.19. The fourth-order valence-electron chi connectivity index (χ4n) is 2.47. The smallest absolute Gasteiger partial charge is 0.292 e. The number of hydrogen-bond acceptors (Lipinski definition) is 5. The van der Waals surface area contributed by atoms with Crippen molar-refractivity contribution < 1.29 is 9.72 Å². The predicted octanol–water partition coefficient (Wildman–Crippen LogP) is 1.26. The minimum atomic E-state index is -0.372. The third-order valence-electron chi connectivity index (χ3n) is 3.79. The molecule has 1 heterocycles. The molecule has 122 valence electrons. The minimum absolute atomic E-state index is 0. The van der Waals surface area contributed by atoms with Gasteiger partial charge in [-0.25, -0.2) is 0 Å². The molecular formula is C14H21ClN4O3. The average Bonchev–Trinajstić information content (AvgIpc) is 2.53. The van der Waals surface area contributed by atoms with Gasteiger partial charge in [0.15, 0.2) is 0 Å². The summed E-state index contributed by atoms with van der Waals surface area (Å²) in [7, 11) is 0. The Kier molecular flexibility index (Phi) is 6.58. The largest absolute Gasteiger partial charge is 0.362 e. The van der Waals surface area contributed by atoms with E-state index in [9.17, 15) is 14.9 Å². The van der Waals surface area contributed by atoms with Gasteiger partial charge in [0.1, 0.15) is 5.69 Å². The number of para-hydroxylation sites is 2. The van der Waals surface area contributed by atoms with Crippen molar-refractivity contribution in [1.82, 2.24) is 4.90 Å². The molecule has 0 saturated carbocycles. The van der Waals surface area contributed by atoms with Gasteiger partial charge in [0, 0.05) is 44.7 Å². The van der Waals surface area contributed by atoms with Crippen LogP contribution in [-0.2, 0) is 4.79 Å². The first kappa shape index (κ1) is 18.2. The molecule has 2 N–H and O–H groups in total. The highest BCUT2D eigenvalue weighted by atomic mass is 35.5. The van der Waals surface area contributed by atoms with Crippen LogP contribution < -0.4 is 10.6 Å². The SMILES string of the molecule is CC(CN)C(=O)N1CCN(c2ccccc2[N+](=O)[O-])CC1.Cl. The molecule has 1 amide bonds. The lowest BCUT2D eigenvalue weighted by molar-refractivity contribution is -0.384. The molecule has 1 aromatic carbocycles. The number of nitro groups is 1. The molecule has 1 saturated heterocycles. The summed E-state index contributed by atoms with van der Waals surface area (Å²) in [5.74, 6) is -0.123. The van der Waals surface area contributed by atoms with Gasteiger partial charge in [-0.1, -0.05) is 19.1 Å². The summed E-state index contributed by atoms with van der Waals surface area (Å²) in [6.45, 7) is 4.46. The normalized spacial score (nSPS) is 15.9. The van der Waals surface area contributed by atoms with E-state index in [4.69, 9.17) is 5.73 Å². The van der Waals surface area contributed by atoms with Gasteiger partial charge in [-0.3, -0.25) is 14.9 Å². The summed E-state index contributed by atoms with van der Waals surface area (Å²) in [6, 6.07) is 6.70. The topological polar surface area (TPSA) is 92.7 Å². The van der Waals surface area contributed by atoms with E-state index in [0.717, 1.165) is 0 Å². The Labute approximate surface area is 135 Å². The summed E-state index contributed by atoms with van der Waals surface area (Å²) in [4.78, 5) is 26.5. The van der Waals surface area contributed by atoms with Crippen LogP contribution >= 0.6 is 12.4 Å². The van der Waals surface area contributed by atoms with Crippen LogP contribution in [0.1, 0.15) is 6.92 Å². The van der Waals surface area contributed by atoms with Crippen molar-refractivity contribution in [1.29, 1.82) is 0 Å². The zero-order valence-corrected chi connectivity index (χ0v) is 13.3. The Balaban J connectivity index is 0.00000242. The molecule has 2 rings (SSSR count). The van der Waals surface area contributed by atoms with Crippen LogP contribution in [0.2, 0.25) is 0 Å². The molecule has 0 aliphatic carbocycles. The van der Waals surface area contributed by atoms with E-state index in [-0.39, 0.29) is 34.8 Å². The molecular weight excluding hydrogens is 308 g/mol. The van der Waals surface area contributed by atoms with Crippen molar-refractivity contribution in [2.75, 3.05) is 37.6 Å². The van der Waals surface area contributed by atoms with E-state index >= 15 is 0 Å². The highest BCUT2D eigenvalue weighted by molar-refractivity contribution is 5.85. The lowest BCUT2D eigenvalue weighted by Gasteiger charge is -2.36. The third kappa shape index (κ3) is 3.86. The fourth-order valence-corrected chi connectivity index (χ4v) is 2.47. The van der Waals surface area contributed by atoms with Crippen LogP contribution in [0, 0.1) is 16.0 Å². The lowest BCUT2D eigenvalue weighted by atomic mass is 10.1. The van der Waals surface area contributed by atoms with Crippen LogP contribution in [0.5, 0.6) is 0 Å². The number of carbonyl (C=O) groups is 1. The number of nitrogens with zero attached hydrogens (tertiary/aromatic N) is 3. The molecule has 8 heteroatoms. The van der Waals surface area contributed by atoms with Gasteiger partial charge in [0.25, 0.3) is 5.69 Å². The molecule has 0 spiro atoms. The molecule has 0 aromatic heterocycles. The van der Waals surface area contributed by atoms with Gasteiger partial charge < -0.3 is 15.5 Å². The van der Waals surface area contributed by atoms with Gasteiger partial charge in [-0.15, -0.1) is 12.4 Å². The number of piperazine rings is 1. The summed E-state index contributed by atoms with van der Waals surface area (Å²) >= 11 is 0. The number of halogens is 1. The predicted molar refractivity (Wildman–Crippen MR) is 87.4 cm³/mol. The van der Waals surface area contributed by atoms with Gasteiger partial charge >= 0.3 is 0 Å². The Hall–Kier alpha value is -1.86. The maximum Gasteiger partial charge on any atom is 0.292 e. The molecule has 0 radical (unpaired) electrons. The van der Waals surface area contributed by atoms with Crippen LogP contribution in [0.15, 0.2) is 24.3 Å². The molecule has 1 unspecified atom stereocenters. The first-order valence-electron chi connectivity index (χ1n) is 7.01. The summed E-state index contributed by atoms with van der Waals surface area (Å²) < 4.78 is 0. The Bertz CT molecular complexity index is 533. The second-order valence-electron chi connectivity index (χ2n) is 5.19. The quantitative estimate of drug-likeness (QED) is 0.663. The number of carbonyl (C=O) groups excluding carboxylic acids is 1. The van der Waals surface area contributed by atoms with E-state index in [1.54, 1.807) is 23.1 Å². The molecule has 7 nitrogen and oxygen atoms in total. The van der Waals surface area contributed by atoms with Crippen molar-refractivity contribution in [3.8, 4) is 0 Å². The fraction of sp³-hybridized carbons (Fsp3) is 0.500. The zero-order valence-electron chi connectivity index (χ0n) is 12.5. The highest BCUT2D eigenvalue weighted by Crippen LogP contribution is 2.28. The number of rotatable bonds is 4. The number of hydrogen-bond donors (Lipinski definition) is 1. The maximum atomic E-state index is 12.1. The molecule has 1 aliphatic rings. The van der Waals surface area contributed by atoms with Crippen LogP contribution in [0.3, 0.4) is 0 Å². The molecule has 1 aromatic rings. The van der Waals surface area contributed by atoms with Crippen LogP contribution in [0.4, 0.5) is 11.4 Å². The second kappa shape index (κ2) is 7.95. The first-order valence-corrected chi connectivity index (χ1v) is 7.01. The van der Waals surface area contributed by atoms with E-state index in [2.05, 4.69) is 0 Å². The van der Waals surface area contributed by atoms with E-state index < -0.39 is 0 Å². The Morgan fingerprint density at radius 1 is 1.32 bits per heavy atom. The number of benzene rings is 1. The minimum Gasteiger partial charge on any atom is -0.362 e. The van der Waals surface area contributed by atoms with Gasteiger partial charge in [0.05, 0.1) is 4.92 Å². The number of nitrogens with two attached hydrogens (primary N) is 1. The van der Waals surface area contributed by atoms with E-state index in [1.165, 1.54) is 6.07 Å². The zero-order chi connectivity index (χ0) is 15.4. The standard InChI is InChI=1S/C14H20N4O3.ClH/c1-11(10-15)14(19)17-8-6-16(7-9-17)12-4-2-3-5-13(12)18(20)21;/h2-5,11H,6-10,15H2,1H3;1H. The number of nitro benzene ring substituents is 1. The monoisotopic (exact) mass is 328 g/mol. The van der Waals surface area contributed by atoms with Crippen LogP contribution in [0.25, 0.3) is 0 Å². The molecule has 0 bridgehead atoms. The summed E-state index contributed by atoms with van der Waals surface area (Å²) in [6.07, 6.45) is 0. The molecule has 22 heavy (non-hydrogen) atoms. The maximum absolute atomic E-state index is 12.1. The van der Waals surface area contributed by atoms with Crippen LogP contribution in [-0.4, -0.2) is 48.5 Å². The molecule has 1 aliphatic heterocycles. The average molecular weight is 329 g/mol. The van der Waals surface area contributed by atoms with Crippen molar-refractivity contribution >= 4 is 29.7 Å². The number of anilines is 1. The van der Waals surface area contributed by atoms with Gasteiger partial charge in [0.2, 0.25) is 5.91 Å². The van der Waals surface area contributed by atoms with Crippen molar-refractivity contribution in [3.05, 3.63) is 34.4 Å². The number of amides is 1. The van der Waals surface area contributed by atoms with E-state index in [0.29, 0.717) is 38.4 Å². The Morgan fingerprint density at radius 3 is 2.45 bits per heavy atom. The first-order chi connectivity index (χ1) is 10.0. The van der Waals surface area contributed by atoms with E-state index in [1.807, 2.05) is 11.8 Å². The summed E-state index contributed by atoms with van der Waals surface area (Å²) in [5, 5.41) is 11.1. The van der Waals surface area contributed by atoms with Crippen molar-refractivity contribution in [2.45, 2.75) is 6.92 Å². The highest BCUT2D eigenvalue weighted by Gasteiger charge is 2.27.